The Hall–Kier alpha value is -1.18. The average molecular weight is 332 g/mol. The monoisotopic (exact) mass is 331 g/mol. The van der Waals surface area contributed by atoms with E-state index in [-0.39, 0.29) is 23.8 Å². The van der Waals surface area contributed by atoms with Crippen molar-refractivity contribution in [3.05, 3.63) is 11.6 Å². The van der Waals surface area contributed by atoms with E-state index in [0.717, 1.165) is 38.3 Å². The van der Waals surface area contributed by atoms with Crippen molar-refractivity contribution in [1.82, 2.24) is 20.1 Å². The summed E-state index contributed by atoms with van der Waals surface area (Å²) in [6, 6.07) is 0. The Labute approximate surface area is 137 Å². The molecule has 0 amide bonds. The minimum absolute atomic E-state index is 0. The van der Waals surface area contributed by atoms with E-state index in [1.54, 1.807) is 6.92 Å². The van der Waals surface area contributed by atoms with Gasteiger partial charge >= 0.3 is 5.97 Å². The summed E-state index contributed by atoms with van der Waals surface area (Å²) < 4.78 is 4.89. The van der Waals surface area contributed by atoms with Gasteiger partial charge < -0.3 is 15.4 Å². The van der Waals surface area contributed by atoms with Crippen LogP contribution in [0.3, 0.4) is 0 Å². The highest BCUT2D eigenvalue weighted by Gasteiger charge is 2.26. The molecule has 0 unspecified atom stereocenters. The predicted molar refractivity (Wildman–Crippen MR) is 86.3 cm³/mol. The molecule has 126 valence electrons. The van der Waals surface area contributed by atoms with Crippen LogP contribution in [0.15, 0.2) is 0 Å². The van der Waals surface area contributed by atoms with Crippen LogP contribution in [0.25, 0.3) is 0 Å². The lowest BCUT2D eigenvalue weighted by Gasteiger charge is -2.35. The average Bonchev–Trinajstić information content (AvgIpc) is 2.87. The maximum absolute atomic E-state index is 11.6. The lowest BCUT2D eigenvalue weighted by molar-refractivity contribution is 0.0512. The zero-order valence-electron chi connectivity index (χ0n) is 13.5. The van der Waals surface area contributed by atoms with Crippen LogP contribution in [-0.2, 0) is 4.74 Å². The SMILES string of the molecule is CCOC(=O)c1n[nH]c(C2CCN(CC(C)(C)N)CC2)n1.Cl. The third-order valence-corrected chi connectivity index (χ3v) is 3.57. The van der Waals surface area contributed by atoms with Crippen molar-refractivity contribution < 1.29 is 9.53 Å². The largest absolute Gasteiger partial charge is 0.460 e. The van der Waals surface area contributed by atoms with Crippen LogP contribution in [0.2, 0.25) is 0 Å². The zero-order chi connectivity index (χ0) is 15.5. The fourth-order valence-corrected chi connectivity index (χ4v) is 2.68. The van der Waals surface area contributed by atoms with E-state index in [2.05, 4.69) is 20.1 Å². The molecule has 0 bridgehead atoms. The molecule has 22 heavy (non-hydrogen) atoms. The van der Waals surface area contributed by atoms with E-state index in [4.69, 9.17) is 10.5 Å². The molecule has 1 aromatic rings. The summed E-state index contributed by atoms with van der Waals surface area (Å²) in [4.78, 5) is 18.2. The van der Waals surface area contributed by atoms with Gasteiger partial charge in [0, 0.05) is 18.0 Å². The molecule has 0 saturated carbocycles. The number of piperidine rings is 1. The maximum Gasteiger partial charge on any atom is 0.378 e. The fraction of sp³-hybridized carbons (Fsp3) is 0.786. The van der Waals surface area contributed by atoms with E-state index < -0.39 is 5.97 Å². The standard InChI is InChI=1S/C14H25N5O2.ClH/c1-4-21-13(20)12-16-11(17-18-12)10-5-7-19(8-6-10)9-14(2,3)15;/h10H,4-9,15H2,1-3H3,(H,16,17,18);1H. The van der Waals surface area contributed by atoms with Crippen molar-refractivity contribution in [3.8, 4) is 0 Å². The van der Waals surface area contributed by atoms with Crippen molar-refractivity contribution in [2.24, 2.45) is 5.73 Å². The quantitative estimate of drug-likeness (QED) is 0.790. The van der Waals surface area contributed by atoms with Crippen molar-refractivity contribution in [3.63, 3.8) is 0 Å². The Morgan fingerprint density at radius 1 is 1.45 bits per heavy atom. The molecular formula is C14H26ClN5O2. The first kappa shape index (κ1) is 18.9. The second kappa shape index (κ2) is 7.89. The van der Waals surface area contributed by atoms with Gasteiger partial charge in [0.15, 0.2) is 0 Å². The van der Waals surface area contributed by atoms with Gasteiger partial charge in [-0.2, -0.15) is 0 Å². The number of carbonyl (C=O) groups excluding carboxylic acids is 1. The molecule has 1 aliphatic heterocycles. The van der Waals surface area contributed by atoms with Crippen LogP contribution >= 0.6 is 12.4 Å². The van der Waals surface area contributed by atoms with Gasteiger partial charge in [-0.1, -0.05) is 0 Å². The van der Waals surface area contributed by atoms with Gasteiger partial charge in [-0.3, -0.25) is 5.10 Å². The number of hydrogen-bond acceptors (Lipinski definition) is 6. The van der Waals surface area contributed by atoms with Gasteiger partial charge in [-0.15, -0.1) is 17.5 Å². The first-order valence-electron chi connectivity index (χ1n) is 7.49. The molecule has 2 heterocycles. The molecule has 0 radical (unpaired) electrons. The van der Waals surface area contributed by atoms with E-state index in [0.29, 0.717) is 12.5 Å². The van der Waals surface area contributed by atoms with E-state index >= 15 is 0 Å². The second-order valence-electron chi connectivity index (χ2n) is 6.30. The maximum atomic E-state index is 11.6. The molecule has 0 spiro atoms. The number of aromatic amines is 1. The minimum Gasteiger partial charge on any atom is -0.460 e. The van der Waals surface area contributed by atoms with E-state index in [1.807, 2.05) is 13.8 Å². The highest BCUT2D eigenvalue weighted by molar-refractivity contribution is 5.85. The number of nitrogens with two attached hydrogens (primary N) is 1. The number of halogens is 1. The number of ether oxygens (including phenoxy) is 1. The van der Waals surface area contributed by atoms with Gasteiger partial charge in [0.1, 0.15) is 5.82 Å². The normalized spacial score (nSPS) is 17.1. The van der Waals surface area contributed by atoms with Crippen LogP contribution < -0.4 is 5.73 Å². The molecule has 1 aromatic heterocycles. The Bertz CT molecular complexity index is 478. The fourth-order valence-electron chi connectivity index (χ4n) is 2.68. The number of likely N-dealkylation sites (tertiary alicyclic amines) is 1. The highest BCUT2D eigenvalue weighted by Crippen LogP contribution is 2.26. The molecule has 3 N–H and O–H groups in total. The van der Waals surface area contributed by atoms with Crippen molar-refractivity contribution >= 4 is 18.4 Å². The van der Waals surface area contributed by atoms with Crippen LogP contribution in [0.1, 0.15) is 56.0 Å². The lowest BCUT2D eigenvalue weighted by Crippen LogP contribution is -2.47. The number of nitrogens with zero attached hydrogens (tertiary/aromatic N) is 3. The summed E-state index contributed by atoms with van der Waals surface area (Å²) in [6.07, 6.45) is 1.99. The molecule has 0 atom stereocenters. The predicted octanol–water partition coefficient (Wildman–Crippen LogP) is 1.32. The molecule has 0 aliphatic carbocycles. The van der Waals surface area contributed by atoms with Crippen molar-refractivity contribution in [1.29, 1.82) is 0 Å². The Kier molecular flexibility index (Phi) is 6.77. The van der Waals surface area contributed by atoms with Gasteiger partial charge in [-0.05, 0) is 46.7 Å². The smallest absolute Gasteiger partial charge is 0.378 e. The first-order chi connectivity index (χ1) is 9.89. The summed E-state index contributed by atoms with van der Waals surface area (Å²) in [5.74, 6) is 0.752. The molecule has 7 nitrogen and oxygen atoms in total. The van der Waals surface area contributed by atoms with Gasteiger partial charge in [0.05, 0.1) is 6.61 Å². The van der Waals surface area contributed by atoms with Gasteiger partial charge in [-0.25, -0.2) is 9.78 Å². The second-order valence-corrected chi connectivity index (χ2v) is 6.30. The summed E-state index contributed by atoms with van der Waals surface area (Å²) in [6.45, 7) is 9.05. The number of aromatic nitrogens is 3. The van der Waals surface area contributed by atoms with Crippen LogP contribution in [0, 0.1) is 0 Å². The molecule has 2 rings (SSSR count). The Balaban J connectivity index is 0.00000242. The first-order valence-corrected chi connectivity index (χ1v) is 7.49. The van der Waals surface area contributed by atoms with E-state index in [1.165, 1.54) is 0 Å². The van der Waals surface area contributed by atoms with Gasteiger partial charge in [0.2, 0.25) is 0 Å². The van der Waals surface area contributed by atoms with Crippen molar-refractivity contribution in [2.45, 2.75) is 45.1 Å². The third kappa shape index (κ3) is 5.23. The summed E-state index contributed by atoms with van der Waals surface area (Å²) in [5.41, 5.74) is 5.89. The topological polar surface area (TPSA) is 97.1 Å². The molecule has 1 aliphatic rings. The molecular weight excluding hydrogens is 306 g/mol. The van der Waals surface area contributed by atoms with E-state index in [9.17, 15) is 4.79 Å². The number of carbonyl (C=O) groups is 1. The zero-order valence-corrected chi connectivity index (χ0v) is 14.3. The molecule has 1 saturated heterocycles. The van der Waals surface area contributed by atoms with Crippen LogP contribution in [-0.4, -0.2) is 57.8 Å². The Morgan fingerprint density at radius 3 is 2.64 bits per heavy atom. The molecule has 1 fully saturated rings. The third-order valence-electron chi connectivity index (χ3n) is 3.57. The summed E-state index contributed by atoms with van der Waals surface area (Å²) in [5, 5.41) is 6.82. The molecule has 8 heteroatoms. The van der Waals surface area contributed by atoms with Crippen LogP contribution in [0.4, 0.5) is 0 Å². The number of hydrogen-bond donors (Lipinski definition) is 2. The number of H-pyrrole nitrogens is 1. The number of esters is 1. The van der Waals surface area contributed by atoms with Gasteiger partial charge in [0.25, 0.3) is 5.82 Å². The summed E-state index contributed by atoms with van der Waals surface area (Å²) >= 11 is 0. The summed E-state index contributed by atoms with van der Waals surface area (Å²) in [7, 11) is 0. The minimum atomic E-state index is -0.470. The Morgan fingerprint density at radius 2 is 2.09 bits per heavy atom. The highest BCUT2D eigenvalue weighted by atomic mass is 35.5. The number of rotatable bonds is 5. The van der Waals surface area contributed by atoms with Crippen molar-refractivity contribution in [2.75, 3.05) is 26.2 Å². The van der Waals surface area contributed by atoms with Crippen LogP contribution in [0.5, 0.6) is 0 Å². The molecule has 0 aromatic carbocycles. The lowest BCUT2D eigenvalue weighted by atomic mass is 9.95. The number of nitrogens with one attached hydrogen (secondary N) is 1.